The van der Waals surface area contributed by atoms with Gasteiger partial charge in [-0.15, -0.1) is 0 Å². The van der Waals surface area contributed by atoms with Gasteiger partial charge in [-0.3, -0.25) is 4.79 Å². The van der Waals surface area contributed by atoms with Gasteiger partial charge in [0, 0.05) is 33.9 Å². The van der Waals surface area contributed by atoms with E-state index in [-0.39, 0.29) is 5.56 Å². The van der Waals surface area contributed by atoms with Crippen molar-refractivity contribution in [2.75, 3.05) is 0 Å². The van der Waals surface area contributed by atoms with Crippen LogP contribution in [0.4, 0.5) is 0 Å². The predicted octanol–water partition coefficient (Wildman–Crippen LogP) is 5.28. The number of carboxylic acid groups (broad SMARTS) is 1. The van der Waals surface area contributed by atoms with Gasteiger partial charge < -0.3 is 9.67 Å². The second kappa shape index (κ2) is 7.73. The van der Waals surface area contributed by atoms with Crippen LogP contribution in [0.1, 0.15) is 49.9 Å². The zero-order chi connectivity index (χ0) is 18.7. The van der Waals surface area contributed by atoms with Crippen molar-refractivity contribution in [3.05, 3.63) is 48.0 Å². The lowest BCUT2D eigenvalue weighted by Gasteiger charge is -2.17. The van der Waals surface area contributed by atoms with E-state index in [1.54, 1.807) is 12.1 Å². The smallest absolute Gasteiger partial charge is 0.377 e. The van der Waals surface area contributed by atoms with Crippen molar-refractivity contribution in [2.45, 2.75) is 46.1 Å². The van der Waals surface area contributed by atoms with Crippen LogP contribution >= 0.6 is 0 Å². The van der Waals surface area contributed by atoms with Crippen LogP contribution in [-0.4, -0.2) is 21.4 Å². The Morgan fingerprint density at radius 1 is 1.04 bits per heavy atom. The summed E-state index contributed by atoms with van der Waals surface area (Å²) in [5.74, 6) is -1.67. The van der Waals surface area contributed by atoms with E-state index in [9.17, 15) is 9.59 Å². The summed E-state index contributed by atoms with van der Waals surface area (Å²) in [4.78, 5) is 22.9. The molecule has 1 aromatic heterocycles. The van der Waals surface area contributed by atoms with Gasteiger partial charge in [0.1, 0.15) is 0 Å². The molecule has 0 spiro atoms. The molecule has 0 bridgehead atoms. The van der Waals surface area contributed by atoms with Crippen molar-refractivity contribution in [1.29, 1.82) is 0 Å². The molecule has 1 N–H and O–H groups in total. The van der Waals surface area contributed by atoms with Crippen LogP contribution in [0.5, 0.6) is 0 Å². The van der Waals surface area contributed by atoms with E-state index in [1.165, 1.54) is 19.3 Å². The summed E-state index contributed by atoms with van der Waals surface area (Å²) in [7, 11) is 0. The summed E-state index contributed by atoms with van der Waals surface area (Å²) >= 11 is 0. The number of carbonyl (C=O) groups excluding carboxylic acids is 1. The van der Waals surface area contributed by atoms with Gasteiger partial charge in [-0.1, -0.05) is 51.3 Å². The molecule has 1 heterocycles. The molecule has 136 valence electrons. The lowest BCUT2D eigenvalue weighted by Crippen LogP contribution is -2.12. The zero-order valence-corrected chi connectivity index (χ0v) is 15.4. The van der Waals surface area contributed by atoms with Gasteiger partial charge >= 0.3 is 5.97 Å². The second-order valence-electron chi connectivity index (χ2n) is 6.91. The number of nitrogens with zero attached hydrogens (tertiary/aromatic N) is 1. The molecule has 0 saturated carbocycles. The first-order valence-corrected chi connectivity index (χ1v) is 9.35. The largest absolute Gasteiger partial charge is 0.475 e. The van der Waals surface area contributed by atoms with Crippen LogP contribution in [0, 0.1) is 5.92 Å². The predicted molar refractivity (Wildman–Crippen MR) is 105 cm³/mol. The fraction of sp³-hybridized carbons (Fsp3) is 0.364. The highest BCUT2D eigenvalue weighted by Crippen LogP contribution is 2.31. The number of aliphatic carboxylic acids is 1. The number of benzene rings is 2. The Morgan fingerprint density at radius 3 is 2.46 bits per heavy atom. The Morgan fingerprint density at radius 2 is 1.77 bits per heavy atom. The van der Waals surface area contributed by atoms with Gasteiger partial charge in [0.2, 0.25) is 0 Å². The van der Waals surface area contributed by atoms with Gasteiger partial charge in [-0.05, 0) is 36.6 Å². The third-order valence-corrected chi connectivity index (χ3v) is 5.21. The Balaban J connectivity index is 2.12. The van der Waals surface area contributed by atoms with E-state index in [2.05, 4.69) is 24.5 Å². The van der Waals surface area contributed by atoms with Crippen molar-refractivity contribution < 1.29 is 14.7 Å². The van der Waals surface area contributed by atoms with E-state index < -0.39 is 11.8 Å². The van der Waals surface area contributed by atoms with Crippen molar-refractivity contribution in [1.82, 2.24) is 4.57 Å². The maximum absolute atomic E-state index is 11.9. The minimum absolute atomic E-state index is 0.228. The fourth-order valence-electron chi connectivity index (χ4n) is 3.69. The summed E-state index contributed by atoms with van der Waals surface area (Å²) in [5.41, 5.74) is 2.42. The van der Waals surface area contributed by atoms with Gasteiger partial charge in [-0.25, -0.2) is 4.79 Å². The van der Waals surface area contributed by atoms with Crippen molar-refractivity contribution >= 4 is 33.6 Å². The third-order valence-electron chi connectivity index (χ3n) is 5.21. The van der Waals surface area contributed by atoms with Gasteiger partial charge in [0.05, 0.1) is 0 Å². The first kappa shape index (κ1) is 18.2. The third kappa shape index (κ3) is 3.36. The Hall–Kier alpha value is -2.62. The maximum Gasteiger partial charge on any atom is 0.377 e. The highest BCUT2D eigenvalue weighted by molar-refractivity contribution is 6.40. The molecule has 0 saturated heterocycles. The number of para-hydroxylation sites is 1. The average molecular weight is 351 g/mol. The summed E-state index contributed by atoms with van der Waals surface area (Å²) in [6.45, 7) is 5.39. The Bertz CT molecular complexity index is 955. The molecular weight excluding hydrogens is 326 g/mol. The molecule has 3 aromatic rings. The molecule has 4 heteroatoms. The summed E-state index contributed by atoms with van der Waals surface area (Å²) < 4.78 is 2.32. The van der Waals surface area contributed by atoms with Gasteiger partial charge in [0.15, 0.2) is 0 Å². The van der Waals surface area contributed by atoms with Crippen molar-refractivity contribution in [3.63, 3.8) is 0 Å². The molecule has 0 amide bonds. The van der Waals surface area contributed by atoms with Crippen LogP contribution in [-0.2, 0) is 11.3 Å². The number of ketones is 1. The standard InChI is InChI=1S/C22H25NO3/c1-3-5-8-15(4-2)14-23-19-10-7-6-9-17(19)18-13-16(11-12-20(18)23)21(24)22(25)26/h6-7,9-13,15H,3-5,8,14H2,1-2H3,(H,25,26). The van der Waals surface area contributed by atoms with Crippen LogP contribution in [0.25, 0.3) is 21.8 Å². The van der Waals surface area contributed by atoms with E-state index in [1.807, 2.05) is 24.3 Å². The molecule has 0 aliphatic rings. The Labute approximate surface area is 153 Å². The van der Waals surface area contributed by atoms with E-state index in [4.69, 9.17) is 5.11 Å². The molecule has 2 aromatic carbocycles. The molecule has 0 radical (unpaired) electrons. The summed E-state index contributed by atoms with van der Waals surface area (Å²) in [6.07, 6.45) is 4.76. The fourth-order valence-corrected chi connectivity index (χ4v) is 3.69. The minimum atomic E-state index is -1.42. The molecule has 4 nitrogen and oxygen atoms in total. The number of carbonyl (C=O) groups is 2. The number of carboxylic acids is 1. The normalized spacial score (nSPS) is 12.5. The number of hydrogen-bond acceptors (Lipinski definition) is 2. The summed E-state index contributed by atoms with van der Waals surface area (Å²) in [5, 5.41) is 11.0. The van der Waals surface area contributed by atoms with E-state index in [0.29, 0.717) is 5.92 Å². The number of Topliss-reactive ketones (excluding diaryl/α,β-unsaturated/α-hetero) is 1. The van der Waals surface area contributed by atoms with Crippen LogP contribution in [0.3, 0.4) is 0 Å². The van der Waals surface area contributed by atoms with Crippen LogP contribution < -0.4 is 0 Å². The first-order chi connectivity index (χ1) is 12.6. The number of hydrogen-bond donors (Lipinski definition) is 1. The summed E-state index contributed by atoms with van der Waals surface area (Å²) in [6, 6.07) is 13.4. The molecule has 1 atom stereocenters. The number of unbranched alkanes of at least 4 members (excludes halogenated alkanes) is 1. The lowest BCUT2D eigenvalue weighted by atomic mass is 9.99. The molecule has 1 unspecified atom stereocenters. The highest BCUT2D eigenvalue weighted by atomic mass is 16.4. The lowest BCUT2D eigenvalue weighted by molar-refractivity contribution is -0.131. The second-order valence-corrected chi connectivity index (χ2v) is 6.91. The zero-order valence-electron chi connectivity index (χ0n) is 15.4. The molecule has 26 heavy (non-hydrogen) atoms. The van der Waals surface area contributed by atoms with Gasteiger partial charge in [-0.2, -0.15) is 0 Å². The van der Waals surface area contributed by atoms with E-state index in [0.717, 1.165) is 34.8 Å². The highest BCUT2D eigenvalue weighted by Gasteiger charge is 2.18. The monoisotopic (exact) mass is 351 g/mol. The first-order valence-electron chi connectivity index (χ1n) is 9.35. The van der Waals surface area contributed by atoms with Crippen LogP contribution in [0.15, 0.2) is 42.5 Å². The number of aromatic nitrogens is 1. The number of fused-ring (bicyclic) bond motifs is 3. The van der Waals surface area contributed by atoms with Crippen LogP contribution in [0.2, 0.25) is 0 Å². The van der Waals surface area contributed by atoms with E-state index >= 15 is 0 Å². The molecule has 3 rings (SSSR count). The van der Waals surface area contributed by atoms with Crippen molar-refractivity contribution in [2.24, 2.45) is 5.92 Å². The molecule has 0 aliphatic heterocycles. The SMILES string of the molecule is CCCCC(CC)Cn1c2ccccc2c2cc(C(=O)C(=O)O)ccc21. The minimum Gasteiger partial charge on any atom is -0.475 e. The molecule has 0 aliphatic carbocycles. The average Bonchev–Trinajstić information content (AvgIpc) is 2.97. The topological polar surface area (TPSA) is 59.3 Å². The Kier molecular flexibility index (Phi) is 5.40. The van der Waals surface area contributed by atoms with Crippen molar-refractivity contribution in [3.8, 4) is 0 Å². The number of rotatable bonds is 8. The molecular formula is C22H25NO3. The van der Waals surface area contributed by atoms with Gasteiger partial charge in [0.25, 0.3) is 5.78 Å². The molecule has 0 fully saturated rings. The quantitative estimate of drug-likeness (QED) is 0.444. The maximum atomic E-state index is 11.9.